The second-order valence-electron chi connectivity index (χ2n) is 6.55. The minimum atomic E-state index is -4.53. The van der Waals surface area contributed by atoms with E-state index < -0.39 is 29.8 Å². The van der Waals surface area contributed by atoms with Crippen LogP contribution in [0.1, 0.15) is 21.6 Å². The van der Waals surface area contributed by atoms with E-state index in [9.17, 15) is 22.8 Å². The predicted octanol–water partition coefficient (Wildman–Crippen LogP) is 2.66. The fraction of sp³-hybridized carbons (Fsp3) is 0.150. The molecular formula is C20H15F3N4O3. The first-order valence-corrected chi connectivity index (χ1v) is 8.89. The van der Waals surface area contributed by atoms with Crippen molar-refractivity contribution >= 4 is 11.8 Å². The molecule has 7 nitrogen and oxygen atoms in total. The molecule has 0 fully saturated rings. The highest BCUT2D eigenvalue weighted by molar-refractivity contribution is 5.96. The number of ether oxygens (including phenoxy) is 1. The van der Waals surface area contributed by atoms with Crippen molar-refractivity contribution < 1.29 is 27.5 Å². The molecule has 2 amide bonds. The first-order valence-electron chi connectivity index (χ1n) is 8.89. The van der Waals surface area contributed by atoms with Crippen LogP contribution in [-0.4, -0.2) is 27.7 Å². The van der Waals surface area contributed by atoms with E-state index in [4.69, 9.17) is 4.74 Å². The Morgan fingerprint density at radius 2 is 1.77 bits per heavy atom. The Kier molecular flexibility index (Phi) is 4.90. The summed E-state index contributed by atoms with van der Waals surface area (Å²) in [4.78, 5) is 24.4. The molecule has 0 bridgehead atoms. The molecule has 30 heavy (non-hydrogen) atoms. The van der Waals surface area contributed by atoms with E-state index in [1.165, 1.54) is 30.5 Å². The largest absolute Gasteiger partial charge is 0.480 e. The third kappa shape index (κ3) is 3.97. The summed E-state index contributed by atoms with van der Waals surface area (Å²) >= 11 is 0. The van der Waals surface area contributed by atoms with Crippen LogP contribution in [-0.2, 0) is 17.4 Å². The number of carbonyl (C=O) groups excluding carboxylic acids is 2. The summed E-state index contributed by atoms with van der Waals surface area (Å²) in [5.74, 6) is -0.443. The summed E-state index contributed by atoms with van der Waals surface area (Å²) in [6.45, 7) is 0. The Morgan fingerprint density at radius 3 is 2.43 bits per heavy atom. The van der Waals surface area contributed by atoms with Gasteiger partial charge < -0.3 is 4.74 Å². The number of aromatic nitrogens is 2. The number of halogens is 3. The number of carbonyl (C=O) groups is 2. The number of nitrogens with one attached hydrogen (secondary N) is 2. The van der Waals surface area contributed by atoms with Crippen molar-refractivity contribution in [1.82, 2.24) is 20.6 Å². The highest BCUT2D eigenvalue weighted by atomic mass is 19.4. The van der Waals surface area contributed by atoms with Gasteiger partial charge in [-0.15, -0.1) is 0 Å². The summed E-state index contributed by atoms with van der Waals surface area (Å²) in [7, 11) is 0. The summed E-state index contributed by atoms with van der Waals surface area (Å²) < 4.78 is 44.6. The molecule has 154 valence electrons. The third-order valence-corrected chi connectivity index (χ3v) is 4.51. The highest BCUT2D eigenvalue weighted by Crippen LogP contribution is 2.28. The summed E-state index contributed by atoms with van der Waals surface area (Å²) in [6, 6.07) is 13.8. The van der Waals surface area contributed by atoms with Crippen LogP contribution >= 0.6 is 0 Å². The quantitative estimate of drug-likeness (QED) is 0.643. The van der Waals surface area contributed by atoms with Gasteiger partial charge in [-0.2, -0.15) is 18.3 Å². The van der Waals surface area contributed by atoms with Crippen LogP contribution in [0.5, 0.6) is 5.75 Å². The number of rotatable bonds is 3. The standard InChI is InChI=1S/C20H15F3N4O3/c21-20(22,23)17-9-10-27(26-17)14-7-5-12(6-8-14)18(28)24-25-19(29)16-11-13-3-1-2-4-15(13)30-16/h1-10,16H,11H2,(H,24,28)(H,25,29). The maximum atomic E-state index is 12.7. The molecule has 1 aromatic heterocycles. The molecule has 2 N–H and O–H groups in total. The molecule has 0 saturated carbocycles. The second kappa shape index (κ2) is 7.54. The zero-order chi connectivity index (χ0) is 21.3. The highest BCUT2D eigenvalue weighted by Gasteiger charge is 2.33. The Hall–Kier alpha value is -3.82. The van der Waals surface area contributed by atoms with E-state index in [2.05, 4.69) is 16.0 Å². The molecule has 1 atom stereocenters. The Balaban J connectivity index is 1.34. The van der Waals surface area contributed by atoms with E-state index in [1.54, 1.807) is 12.1 Å². The molecular weight excluding hydrogens is 401 g/mol. The first-order chi connectivity index (χ1) is 14.3. The van der Waals surface area contributed by atoms with Crippen LogP contribution in [0.15, 0.2) is 60.8 Å². The molecule has 0 aliphatic carbocycles. The Bertz CT molecular complexity index is 1070. The normalized spacial score (nSPS) is 15.2. The van der Waals surface area contributed by atoms with Gasteiger partial charge in [-0.3, -0.25) is 20.4 Å². The van der Waals surface area contributed by atoms with E-state index in [0.29, 0.717) is 17.9 Å². The predicted molar refractivity (Wildman–Crippen MR) is 98.7 cm³/mol. The van der Waals surface area contributed by atoms with Crippen molar-refractivity contribution in [3.63, 3.8) is 0 Å². The molecule has 10 heteroatoms. The zero-order valence-electron chi connectivity index (χ0n) is 15.3. The van der Waals surface area contributed by atoms with Gasteiger partial charge in [-0.05, 0) is 42.0 Å². The van der Waals surface area contributed by atoms with Crippen LogP contribution < -0.4 is 15.6 Å². The maximum Gasteiger partial charge on any atom is 0.435 e. The van der Waals surface area contributed by atoms with Gasteiger partial charge in [-0.25, -0.2) is 4.68 Å². The number of alkyl halides is 3. The lowest BCUT2D eigenvalue weighted by atomic mass is 10.1. The van der Waals surface area contributed by atoms with Crippen LogP contribution in [0, 0.1) is 0 Å². The first kappa shape index (κ1) is 19.5. The second-order valence-corrected chi connectivity index (χ2v) is 6.55. The van der Waals surface area contributed by atoms with Gasteiger partial charge in [-0.1, -0.05) is 18.2 Å². The van der Waals surface area contributed by atoms with Gasteiger partial charge in [0.1, 0.15) is 5.75 Å². The number of amides is 2. The summed E-state index contributed by atoms with van der Waals surface area (Å²) in [6.07, 6.45) is -3.70. The Morgan fingerprint density at radius 1 is 1.03 bits per heavy atom. The fourth-order valence-corrected chi connectivity index (χ4v) is 2.98. The molecule has 4 rings (SSSR count). The van der Waals surface area contributed by atoms with Crippen LogP contribution in [0.2, 0.25) is 0 Å². The molecule has 1 unspecified atom stereocenters. The van der Waals surface area contributed by atoms with Crippen molar-refractivity contribution in [3.05, 3.63) is 77.6 Å². The van der Waals surface area contributed by atoms with Crippen molar-refractivity contribution in [2.45, 2.75) is 18.7 Å². The van der Waals surface area contributed by atoms with Crippen molar-refractivity contribution in [2.24, 2.45) is 0 Å². The van der Waals surface area contributed by atoms with E-state index in [1.807, 2.05) is 12.1 Å². The number of hydrogen-bond donors (Lipinski definition) is 2. The number of benzene rings is 2. The molecule has 1 aliphatic rings. The lowest BCUT2D eigenvalue weighted by molar-refractivity contribution is -0.141. The van der Waals surface area contributed by atoms with Crippen LogP contribution in [0.3, 0.4) is 0 Å². The van der Waals surface area contributed by atoms with Crippen LogP contribution in [0.25, 0.3) is 5.69 Å². The molecule has 2 aromatic carbocycles. The van der Waals surface area contributed by atoms with Crippen molar-refractivity contribution in [3.8, 4) is 11.4 Å². The van der Waals surface area contributed by atoms with Gasteiger partial charge in [0.05, 0.1) is 5.69 Å². The van der Waals surface area contributed by atoms with Gasteiger partial charge in [0.2, 0.25) is 0 Å². The molecule has 3 aromatic rings. The minimum Gasteiger partial charge on any atom is -0.480 e. The van der Waals surface area contributed by atoms with Crippen molar-refractivity contribution in [2.75, 3.05) is 0 Å². The number of hydrazine groups is 1. The van der Waals surface area contributed by atoms with Gasteiger partial charge in [0.15, 0.2) is 11.8 Å². The average Bonchev–Trinajstić information content (AvgIpc) is 3.39. The van der Waals surface area contributed by atoms with E-state index in [0.717, 1.165) is 16.3 Å². The Labute approximate surface area is 168 Å². The van der Waals surface area contributed by atoms with E-state index in [-0.39, 0.29) is 5.56 Å². The molecule has 2 heterocycles. The number of nitrogens with zero attached hydrogens (tertiary/aromatic N) is 2. The summed E-state index contributed by atoms with van der Waals surface area (Å²) in [5, 5.41) is 3.47. The monoisotopic (exact) mass is 416 g/mol. The number of para-hydroxylation sites is 1. The molecule has 0 saturated heterocycles. The molecule has 0 radical (unpaired) electrons. The van der Waals surface area contributed by atoms with Gasteiger partial charge in [0, 0.05) is 18.2 Å². The smallest absolute Gasteiger partial charge is 0.435 e. The number of fused-ring (bicyclic) bond motifs is 1. The average molecular weight is 416 g/mol. The molecule has 0 spiro atoms. The van der Waals surface area contributed by atoms with Gasteiger partial charge >= 0.3 is 6.18 Å². The van der Waals surface area contributed by atoms with E-state index >= 15 is 0 Å². The number of hydrogen-bond acceptors (Lipinski definition) is 4. The summed E-state index contributed by atoms with van der Waals surface area (Å²) in [5.41, 5.74) is 5.07. The third-order valence-electron chi connectivity index (χ3n) is 4.51. The zero-order valence-corrected chi connectivity index (χ0v) is 15.3. The minimum absolute atomic E-state index is 0.206. The topological polar surface area (TPSA) is 85.3 Å². The van der Waals surface area contributed by atoms with Crippen LogP contribution in [0.4, 0.5) is 13.2 Å². The fourth-order valence-electron chi connectivity index (χ4n) is 2.98. The lowest BCUT2D eigenvalue weighted by Gasteiger charge is -2.12. The lowest BCUT2D eigenvalue weighted by Crippen LogP contribution is -2.47. The van der Waals surface area contributed by atoms with Gasteiger partial charge in [0.25, 0.3) is 11.8 Å². The van der Waals surface area contributed by atoms with Crippen molar-refractivity contribution in [1.29, 1.82) is 0 Å². The molecule has 1 aliphatic heterocycles. The SMILES string of the molecule is O=C(NNC(=O)C1Cc2ccccc2O1)c1ccc(-n2ccc(C(F)(F)F)n2)cc1. The maximum absolute atomic E-state index is 12.7.